The lowest BCUT2D eigenvalue weighted by Crippen LogP contribution is -2.18. The van der Waals surface area contributed by atoms with Crippen LogP contribution in [0.3, 0.4) is 0 Å². The van der Waals surface area contributed by atoms with Gasteiger partial charge in [-0.15, -0.1) is 0 Å². The Morgan fingerprint density at radius 2 is 1.85 bits per heavy atom. The van der Waals surface area contributed by atoms with Crippen LogP contribution in [0.1, 0.15) is 36.2 Å². The maximum absolute atomic E-state index is 12.1. The van der Waals surface area contributed by atoms with Gasteiger partial charge in [0.15, 0.2) is 0 Å². The molecule has 0 radical (unpaired) electrons. The first kappa shape index (κ1) is 20.3. The molecule has 2 amide bonds. The van der Waals surface area contributed by atoms with Crippen LogP contribution < -0.4 is 15.5 Å². The number of nitrogens with one attached hydrogen (secondary N) is 2. The second-order valence-electron chi connectivity index (χ2n) is 5.45. The molecule has 0 heterocycles. The highest BCUT2D eigenvalue weighted by molar-refractivity contribution is 9.10. The van der Waals surface area contributed by atoms with E-state index < -0.39 is 11.9 Å². The fourth-order valence-electron chi connectivity index (χ4n) is 2.05. The molecule has 0 bridgehead atoms. The van der Waals surface area contributed by atoms with Gasteiger partial charge in [0, 0.05) is 34.6 Å². The Hall–Kier alpha value is -3.00. The molecule has 2 aromatic rings. The van der Waals surface area contributed by atoms with Crippen LogP contribution in [0, 0.1) is 0 Å². The first-order valence-electron chi connectivity index (χ1n) is 8.10. The van der Waals surface area contributed by atoms with E-state index in [9.17, 15) is 14.4 Å². The number of benzene rings is 2. The Balaban J connectivity index is 2.04. The maximum atomic E-state index is 12.1. The molecule has 2 rings (SSSR count). The van der Waals surface area contributed by atoms with Crippen LogP contribution >= 0.6 is 15.9 Å². The summed E-state index contributed by atoms with van der Waals surface area (Å²) in [5, 5.41) is 6.61. The van der Waals surface area contributed by atoms with Crippen molar-refractivity contribution in [1.82, 2.24) is 5.43 Å². The van der Waals surface area contributed by atoms with Crippen LogP contribution in [-0.2, 0) is 9.59 Å². The summed E-state index contributed by atoms with van der Waals surface area (Å²) in [7, 11) is 0. The molecule has 0 atom stereocenters. The minimum Gasteiger partial charge on any atom is -0.426 e. The smallest absolute Gasteiger partial charge is 0.308 e. The highest BCUT2D eigenvalue weighted by Crippen LogP contribution is 2.22. The van der Waals surface area contributed by atoms with E-state index in [-0.39, 0.29) is 5.91 Å². The van der Waals surface area contributed by atoms with Gasteiger partial charge in [0.25, 0.3) is 5.91 Å². The Bertz CT molecular complexity index is 879. The second-order valence-corrected chi connectivity index (χ2v) is 6.37. The Morgan fingerprint density at radius 1 is 1.15 bits per heavy atom. The SMILES string of the molecule is CCC(=O)Nc1ccc(C(=O)NN=Cc2cc(Br)ccc2OC(C)=O)cc1. The molecule has 0 saturated heterocycles. The number of carbonyl (C=O) groups excluding carboxylic acids is 3. The number of hydrazone groups is 1. The summed E-state index contributed by atoms with van der Waals surface area (Å²) in [6.45, 7) is 3.06. The van der Waals surface area contributed by atoms with Gasteiger partial charge in [0.05, 0.1) is 6.21 Å². The van der Waals surface area contributed by atoms with Gasteiger partial charge in [-0.1, -0.05) is 22.9 Å². The highest BCUT2D eigenvalue weighted by Gasteiger charge is 2.07. The van der Waals surface area contributed by atoms with E-state index in [2.05, 4.69) is 31.8 Å². The van der Waals surface area contributed by atoms with E-state index in [4.69, 9.17) is 4.74 Å². The lowest BCUT2D eigenvalue weighted by atomic mass is 10.2. The number of ether oxygens (including phenoxy) is 1. The van der Waals surface area contributed by atoms with Gasteiger partial charge in [-0.2, -0.15) is 5.10 Å². The first-order valence-corrected chi connectivity index (χ1v) is 8.89. The van der Waals surface area contributed by atoms with Gasteiger partial charge in [0.1, 0.15) is 5.75 Å². The quantitative estimate of drug-likeness (QED) is 0.316. The predicted molar refractivity (Wildman–Crippen MR) is 106 cm³/mol. The molecule has 140 valence electrons. The van der Waals surface area contributed by atoms with Crippen molar-refractivity contribution in [3.8, 4) is 5.75 Å². The number of anilines is 1. The van der Waals surface area contributed by atoms with Crippen LogP contribution in [0.25, 0.3) is 0 Å². The zero-order valence-electron chi connectivity index (χ0n) is 14.8. The molecule has 0 fully saturated rings. The molecule has 0 spiro atoms. The number of hydrogen-bond donors (Lipinski definition) is 2. The monoisotopic (exact) mass is 431 g/mol. The maximum Gasteiger partial charge on any atom is 0.308 e. The molecule has 0 aromatic heterocycles. The van der Waals surface area contributed by atoms with Crippen molar-refractivity contribution in [3.05, 3.63) is 58.1 Å². The summed E-state index contributed by atoms with van der Waals surface area (Å²) < 4.78 is 5.87. The third-order valence-corrected chi connectivity index (χ3v) is 3.84. The van der Waals surface area contributed by atoms with Crippen molar-refractivity contribution in [3.63, 3.8) is 0 Å². The van der Waals surface area contributed by atoms with E-state index in [0.29, 0.717) is 29.0 Å². The lowest BCUT2D eigenvalue weighted by Gasteiger charge is -2.06. The van der Waals surface area contributed by atoms with Crippen LogP contribution in [0.4, 0.5) is 5.69 Å². The normalized spacial score (nSPS) is 10.5. The molecule has 2 aromatic carbocycles. The third-order valence-electron chi connectivity index (χ3n) is 3.35. The lowest BCUT2D eigenvalue weighted by molar-refractivity contribution is -0.131. The Kier molecular flexibility index (Phi) is 7.25. The molecule has 0 unspecified atom stereocenters. The van der Waals surface area contributed by atoms with Crippen LogP contribution in [0.15, 0.2) is 52.0 Å². The molecule has 0 saturated carbocycles. The molecule has 8 heteroatoms. The van der Waals surface area contributed by atoms with Crippen LogP contribution in [-0.4, -0.2) is 24.0 Å². The topological polar surface area (TPSA) is 96.9 Å². The van der Waals surface area contributed by atoms with Crippen molar-refractivity contribution >= 4 is 45.6 Å². The molecule has 2 N–H and O–H groups in total. The number of esters is 1. The van der Waals surface area contributed by atoms with E-state index in [0.717, 1.165) is 4.47 Å². The van der Waals surface area contributed by atoms with E-state index in [1.165, 1.54) is 13.1 Å². The van der Waals surface area contributed by atoms with Crippen molar-refractivity contribution < 1.29 is 19.1 Å². The fourth-order valence-corrected chi connectivity index (χ4v) is 2.43. The minimum atomic E-state index is -0.453. The van der Waals surface area contributed by atoms with Gasteiger partial charge in [-0.05, 0) is 42.5 Å². The van der Waals surface area contributed by atoms with E-state index in [1.54, 1.807) is 49.4 Å². The second kappa shape index (κ2) is 9.63. The number of hydrogen-bond acceptors (Lipinski definition) is 5. The average Bonchev–Trinajstić information content (AvgIpc) is 2.64. The first-order chi connectivity index (χ1) is 12.9. The fraction of sp³-hybridized carbons (Fsp3) is 0.158. The predicted octanol–water partition coefficient (Wildman–Crippen LogP) is 3.49. The highest BCUT2D eigenvalue weighted by atomic mass is 79.9. The van der Waals surface area contributed by atoms with Crippen LogP contribution in [0.2, 0.25) is 0 Å². The summed E-state index contributed by atoms with van der Waals surface area (Å²) in [4.78, 5) is 34.7. The van der Waals surface area contributed by atoms with Gasteiger partial charge in [-0.25, -0.2) is 5.43 Å². The number of carbonyl (C=O) groups is 3. The average molecular weight is 432 g/mol. The summed E-state index contributed by atoms with van der Waals surface area (Å²) in [6, 6.07) is 11.5. The summed E-state index contributed by atoms with van der Waals surface area (Å²) >= 11 is 3.33. The van der Waals surface area contributed by atoms with E-state index >= 15 is 0 Å². The third kappa shape index (κ3) is 6.34. The molecular formula is C19H18BrN3O4. The summed E-state index contributed by atoms with van der Waals surface area (Å²) in [5.41, 5.74) is 3.93. The molecule has 7 nitrogen and oxygen atoms in total. The molecular weight excluding hydrogens is 414 g/mol. The molecule has 0 aliphatic carbocycles. The number of nitrogens with zero attached hydrogens (tertiary/aromatic N) is 1. The van der Waals surface area contributed by atoms with E-state index in [1.807, 2.05) is 0 Å². The zero-order chi connectivity index (χ0) is 19.8. The molecule has 0 aliphatic rings. The molecule has 0 aliphatic heterocycles. The largest absolute Gasteiger partial charge is 0.426 e. The summed E-state index contributed by atoms with van der Waals surface area (Å²) in [5.74, 6) is -0.635. The number of amides is 2. The zero-order valence-corrected chi connectivity index (χ0v) is 16.4. The van der Waals surface area contributed by atoms with Gasteiger partial charge in [0.2, 0.25) is 5.91 Å². The van der Waals surface area contributed by atoms with Gasteiger partial charge >= 0.3 is 5.97 Å². The van der Waals surface area contributed by atoms with Crippen molar-refractivity contribution in [2.75, 3.05) is 5.32 Å². The minimum absolute atomic E-state index is 0.102. The Labute approximate surface area is 164 Å². The van der Waals surface area contributed by atoms with Gasteiger partial charge in [-0.3, -0.25) is 14.4 Å². The van der Waals surface area contributed by atoms with Crippen molar-refractivity contribution in [2.24, 2.45) is 5.10 Å². The molecule has 27 heavy (non-hydrogen) atoms. The van der Waals surface area contributed by atoms with Crippen LogP contribution in [0.5, 0.6) is 5.75 Å². The van der Waals surface area contributed by atoms with Crippen molar-refractivity contribution in [2.45, 2.75) is 20.3 Å². The standard InChI is InChI=1S/C19H18BrN3O4/c1-3-18(25)22-16-7-4-13(5-8-16)19(26)23-21-11-14-10-15(20)6-9-17(14)27-12(2)24/h4-11H,3H2,1-2H3,(H,22,25)(H,23,26). The Morgan fingerprint density at radius 3 is 2.48 bits per heavy atom. The van der Waals surface area contributed by atoms with Crippen molar-refractivity contribution in [1.29, 1.82) is 0 Å². The number of rotatable bonds is 6. The van der Waals surface area contributed by atoms with Gasteiger partial charge < -0.3 is 10.1 Å². The number of halogens is 1. The summed E-state index contributed by atoms with van der Waals surface area (Å²) in [6.07, 6.45) is 1.76.